The van der Waals surface area contributed by atoms with Crippen molar-refractivity contribution < 1.29 is 22.7 Å². The summed E-state index contributed by atoms with van der Waals surface area (Å²) in [4.78, 5) is 10.4. The maximum absolute atomic E-state index is 11.9. The maximum atomic E-state index is 11.9. The fourth-order valence-electron chi connectivity index (χ4n) is 1.25. The summed E-state index contributed by atoms with van der Waals surface area (Å²) in [7, 11) is -3.83. The average Bonchev–Trinajstić information content (AvgIpc) is 2.72. The lowest BCUT2D eigenvalue weighted by atomic mass is 10.2. The number of nitriles is 1. The molecule has 0 bridgehead atoms. The van der Waals surface area contributed by atoms with Crippen molar-refractivity contribution in [2.24, 2.45) is 0 Å². The van der Waals surface area contributed by atoms with Gasteiger partial charge < -0.3 is 9.52 Å². The highest BCUT2D eigenvalue weighted by Crippen LogP contribution is 2.25. The SMILES string of the molecule is N#CCCCCNS(=O)(=O)c1cc(C(=O)O)oc1Br. The van der Waals surface area contributed by atoms with Gasteiger partial charge in [0, 0.05) is 19.0 Å². The molecule has 0 saturated heterocycles. The summed E-state index contributed by atoms with van der Waals surface area (Å²) in [6.07, 6.45) is 1.47. The van der Waals surface area contributed by atoms with E-state index in [4.69, 9.17) is 14.8 Å². The van der Waals surface area contributed by atoms with Gasteiger partial charge in [-0.15, -0.1) is 0 Å². The van der Waals surface area contributed by atoms with E-state index in [1.54, 1.807) is 0 Å². The van der Waals surface area contributed by atoms with Gasteiger partial charge in [-0.3, -0.25) is 0 Å². The fraction of sp³-hybridized carbons (Fsp3) is 0.400. The molecule has 0 unspecified atom stereocenters. The van der Waals surface area contributed by atoms with Gasteiger partial charge in [-0.25, -0.2) is 17.9 Å². The van der Waals surface area contributed by atoms with Gasteiger partial charge in [-0.1, -0.05) is 0 Å². The van der Waals surface area contributed by atoms with Crippen molar-refractivity contribution in [3.8, 4) is 6.07 Å². The smallest absolute Gasteiger partial charge is 0.371 e. The van der Waals surface area contributed by atoms with Crippen molar-refractivity contribution in [1.29, 1.82) is 5.26 Å². The van der Waals surface area contributed by atoms with Crippen molar-refractivity contribution in [3.05, 3.63) is 16.5 Å². The van der Waals surface area contributed by atoms with E-state index in [2.05, 4.69) is 20.7 Å². The summed E-state index contributed by atoms with van der Waals surface area (Å²) in [5.41, 5.74) is 0. The molecule has 0 atom stereocenters. The van der Waals surface area contributed by atoms with E-state index >= 15 is 0 Å². The number of sulfonamides is 1. The number of hydrogen-bond donors (Lipinski definition) is 2. The first-order valence-corrected chi connectivity index (χ1v) is 7.55. The van der Waals surface area contributed by atoms with E-state index in [-0.39, 0.29) is 16.1 Å². The lowest BCUT2D eigenvalue weighted by Crippen LogP contribution is -2.24. The van der Waals surface area contributed by atoms with Crippen LogP contribution < -0.4 is 4.72 Å². The molecule has 0 amide bonds. The molecule has 19 heavy (non-hydrogen) atoms. The van der Waals surface area contributed by atoms with Crippen molar-refractivity contribution in [2.75, 3.05) is 6.54 Å². The van der Waals surface area contributed by atoms with Crippen LogP contribution in [-0.2, 0) is 10.0 Å². The summed E-state index contributed by atoms with van der Waals surface area (Å²) in [6, 6.07) is 2.89. The number of halogens is 1. The molecular formula is C10H11BrN2O5S. The van der Waals surface area contributed by atoms with Crippen LogP contribution in [0.4, 0.5) is 0 Å². The number of nitrogens with one attached hydrogen (secondary N) is 1. The number of carboxylic acids is 1. The first-order valence-electron chi connectivity index (χ1n) is 5.27. The van der Waals surface area contributed by atoms with Crippen LogP contribution in [0.25, 0.3) is 0 Å². The Bertz CT molecular complexity index is 602. The van der Waals surface area contributed by atoms with Gasteiger partial charge in [0.15, 0.2) is 4.67 Å². The molecule has 0 radical (unpaired) electrons. The molecule has 0 aliphatic heterocycles. The monoisotopic (exact) mass is 350 g/mol. The molecule has 0 saturated carbocycles. The summed E-state index contributed by atoms with van der Waals surface area (Å²) in [6.45, 7) is 0.171. The molecule has 7 nitrogen and oxygen atoms in total. The average molecular weight is 351 g/mol. The van der Waals surface area contributed by atoms with E-state index in [1.807, 2.05) is 6.07 Å². The summed E-state index contributed by atoms with van der Waals surface area (Å²) >= 11 is 2.86. The number of hydrogen-bond acceptors (Lipinski definition) is 5. The minimum Gasteiger partial charge on any atom is -0.475 e. The third-order valence-electron chi connectivity index (χ3n) is 2.16. The molecule has 0 spiro atoms. The van der Waals surface area contributed by atoms with Gasteiger partial charge in [-0.05, 0) is 28.8 Å². The second-order valence-corrected chi connectivity index (χ2v) is 6.02. The minimum absolute atomic E-state index is 0.158. The van der Waals surface area contributed by atoms with Gasteiger partial charge in [0.05, 0.1) is 6.07 Å². The topological polar surface area (TPSA) is 120 Å². The predicted molar refractivity (Wildman–Crippen MR) is 68.0 cm³/mol. The maximum Gasteiger partial charge on any atom is 0.371 e. The molecule has 0 aliphatic rings. The largest absolute Gasteiger partial charge is 0.475 e. The Morgan fingerprint density at radius 3 is 2.74 bits per heavy atom. The highest BCUT2D eigenvalue weighted by atomic mass is 79.9. The Morgan fingerprint density at radius 2 is 2.21 bits per heavy atom. The summed E-state index contributed by atoms with van der Waals surface area (Å²) in [5, 5.41) is 17.0. The predicted octanol–water partition coefficient (Wildman–Crippen LogP) is 1.71. The normalized spacial score (nSPS) is 11.2. The van der Waals surface area contributed by atoms with Crippen LogP contribution in [0.15, 0.2) is 20.0 Å². The minimum atomic E-state index is -3.83. The first-order chi connectivity index (χ1) is 8.88. The third-order valence-corrected chi connectivity index (χ3v) is 4.48. The Morgan fingerprint density at radius 1 is 1.53 bits per heavy atom. The van der Waals surface area contributed by atoms with Crippen LogP contribution in [0, 0.1) is 11.3 Å². The molecule has 1 aromatic heterocycles. The second kappa shape index (κ2) is 6.70. The van der Waals surface area contributed by atoms with Crippen LogP contribution in [0.3, 0.4) is 0 Å². The Kier molecular flexibility index (Phi) is 5.53. The molecule has 1 rings (SSSR count). The second-order valence-electron chi connectivity index (χ2n) is 3.57. The van der Waals surface area contributed by atoms with Crippen LogP contribution in [0.1, 0.15) is 29.8 Å². The van der Waals surface area contributed by atoms with Gasteiger partial charge in [-0.2, -0.15) is 5.26 Å². The van der Waals surface area contributed by atoms with Crippen LogP contribution in [0.2, 0.25) is 0 Å². The number of carbonyl (C=O) groups is 1. The molecule has 1 heterocycles. The molecule has 2 N–H and O–H groups in total. The van der Waals surface area contributed by atoms with Gasteiger partial charge in [0.25, 0.3) is 0 Å². The Hall–Kier alpha value is -1.37. The molecular weight excluding hydrogens is 340 g/mol. The molecule has 0 fully saturated rings. The number of aromatic carboxylic acids is 1. The standard InChI is InChI=1S/C10H11BrN2O5S/c11-9-8(6-7(18-9)10(14)15)19(16,17)13-5-3-1-2-4-12/h6,13H,1-3,5H2,(H,14,15). The number of furan rings is 1. The molecule has 104 valence electrons. The fourth-order valence-corrected chi connectivity index (χ4v) is 3.27. The van der Waals surface area contributed by atoms with E-state index in [0.29, 0.717) is 19.3 Å². The van der Waals surface area contributed by atoms with Crippen LogP contribution >= 0.6 is 15.9 Å². The number of nitrogens with zero attached hydrogens (tertiary/aromatic N) is 1. The van der Waals surface area contributed by atoms with E-state index in [1.165, 1.54) is 0 Å². The zero-order valence-electron chi connectivity index (χ0n) is 9.72. The molecule has 0 aromatic carbocycles. The number of unbranched alkanes of at least 4 members (excludes halogenated alkanes) is 2. The van der Waals surface area contributed by atoms with E-state index in [9.17, 15) is 13.2 Å². The zero-order chi connectivity index (χ0) is 14.5. The van der Waals surface area contributed by atoms with E-state index in [0.717, 1.165) is 6.07 Å². The Labute approximate surface area is 118 Å². The zero-order valence-corrected chi connectivity index (χ0v) is 12.1. The van der Waals surface area contributed by atoms with Crippen molar-refractivity contribution >= 4 is 31.9 Å². The highest BCUT2D eigenvalue weighted by Gasteiger charge is 2.24. The summed E-state index contributed by atoms with van der Waals surface area (Å²) in [5.74, 6) is -1.81. The lowest BCUT2D eigenvalue weighted by molar-refractivity contribution is 0.0661. The molecule has 1 aromatic rings. The van der Waals surface area contributed by atoms with Gasteiger partial charge in [0.2, 0.25) is 15.8 Å². The van der Waals surface area contributed by atoms with Crippen molar-refractivity contribution in [3.63, 3.8) is 0 Å². The van der Waals surface area contributed by atoms with Gasteiger partial charge in [0.1, 0.15) is 4.90 Å². The van der Waals surface area contributed by atoms with Crippen molar-refractivity contribution in [2.45, 2.75) is 24.2 Å². The quantitative estimate of drug-likeness (QED) is 0.722. The Balaban J connectivity index is 2.72. The molecule has 0 aliphatic carbocycles. The van der Waals surface area contributed by atoms with Crippen LogP contribution in [0.5, 0.6) is 0 Å². The van der Waals surface area contributed by atoms with Crippen LogP contribution in [-0.4, -0.2) is 26.0 Å². The van der Waals surface area contributed by atoms with E-state index < -0.39 is 21.8 Å². The molecule has 9 heteroatoms. The number of rotatable bonds is 7. The summed E-state index contributed by atoms with van der Waals surface area (Å²) < 4.78 is 30.6. The van der Waals surface area contributed by atoms with Crippen molar-refractivity contribution in [1.82, 2.24) is 4.72 Å². The van der Waals surface area contributed by atoms with Gasteiger partial charge >= 0.3 is 5.97 Å². The lowest BCUT2D eigenvalue weighted by Gasteiger charge is -2.03. The third kappa shape index (κ3) is 4.34. The highest BCUT2D eigenvalue weighted by molar-refractivity contribution is 9.10. The number of carboxylic acid groups (broad SMARTS) is 1. The first kappa shape index (κ1) is 15.7.